The molecule has 0 aromatic heterocycles. The summed E-state index contributed by atoms with van der Waals surface area (Å²) in [6.45, 7) is 11.8. The molecule has 1 aliphatic heterocycles. The van der Waals surface area contributed by atoms with Crippen LogP contribution in [0.2, 0.25) is 0 Å². The maximum absolute atomic E-state index is 11.9. The van der Waals surface area contributed by atoms with Crippen LogP contribution in [0.4, 0.5) is 10.5 Å². The summed E-state index contributed by atoms with van der Waals surface area (Å²) in [4.78, 5) is 16.1. The summed E-state index contributed by atoms with van der Waals surface area (Å²) in [6, 6.07) is 6.54. The Bertz CT molecular complexity index is 563. The van der Waals surface area contributed by atoms with E-state index >= 15 is 0 Å². The molecule has 0 radical (unpaired) electrons. The van der Waals surface area contributed by atoms with Crippen molar-refractivity contribution in [2.75, 3.05) is 44.7 Å². The average Bonchev–Trinajstić information content (AvgIpc) is 2.57. The van der Waals surface area contributed by atoms with Crippen LogP contribution in [-0.2, 0) is 11.2 Å². The lowest BCUT2D eigenvalue weighted by molar-refractivity contribution is 0.195. The smallest absolute Gasteiger partial charge is 0.317 e. The fourth-order valence-electron chi connectivity index (χ4n) is 2.76. The van der Waals surface area contributed by atoms with Gasteiger partial charge in [-0.05, 0) is 37.1 Å². The van der Waals surface area contributed by atoms with Crippen molar-refractivity contribution < 1.29 is 9.53 Å². The van der Waals surface area contributed by atoms with Crippen LogP contribution in [0.15, 0.2) is 30.5 Å². The Balaban J connectivity index is 2.02. The predicted octanol–water partition coefficient (Wildman–Crippen LogP) is 2.55. The lowest BCUT2D eigenvalue weighted by atomic mass is 10.0. The fourth-order valence-corrected chi connectivity index (χ4v) is 2.76. The number of rotatable bonds is 5. The minimum Gasteiger partial charge on any atom is -0.501 e. The first kappa shape index (κ1) is 17.2. The maximum Gasteiger partial charge on any atom is 0.317 e. The molecule has 126 valence electrons. The molecule has 0 unspecified atom stereocenters. The van der Waals surface area contributed by atoms with E-state index in [1.807, 2.05) is 11.8 Å². The summed E-state index contributed by atoms with van der Waals surface area (Å²) < 4.78 is 5.20. The molecule has 2 amide bonds. The number of aryl methyl sites for hydroxylation is 1. The van der Waals surface area contributed by atoms with E-state index in [-0.39, 0.29) is 6.03 Å². The highest BCUT2D eigenvalue weighted by atomic mass is 16.5. The number of nitrogens with zero attached hydrogens (tertiary/aromatic N) is 2. The quantitative estimate of drug-likeness (QED) is 0.849. The molecule has 0 spiro atoms. The molecule has 2 rings (SSSR count). The third kappa shape index (κ3) is 4.41. The zero-order valence-corrected chi connectivity index (χ0v) is 14.4. The van der Waals surface area contributed by atoms with E-state index < -0.39 is 0 Å². The molecule has 1 heterocycles. The summed E-state index contributed by atoms with van der Waals surface area (Å²) in [5.41, 5.74) is 3.68. The molecule has 1 saturated heterocycles. The first-order valence-electron chi connectivity index (χ1n) is 8.14. The van der Waals surface area contributed by atoms with Crippen molar-refractivity contribution in [1.82, 2.24) is 10.2 Å². The van der Waals surface area contributed by atoms with E-state index in [1.54, 1.807) is 7.11 Å². The zero-order chi connectivity index (χ0) is 16.8. The van der Waals surface area contributed by atoms with Gasteiger partial charge in [-0.3, -0.25) is 0 Å². The van der Waals surface area contributed by atoms with Crippen molar-refractivity contribution in [2.45, 2.75) is 20.3 Å². The van der Waals surface area contributed by atoms with Gasteiger partial charge in [0.2, 0.25) is 0 Å². The van der Waals surface area contributed by atoms with Gasteiger partial charge in [0, 0.05) is 44.8 Å². The van der Waals surface area contributed by atoms with Gasteiger partial charge in [0.05, 0.1) is 12.9 Å². The van der Waals surface area contributed by atoms with Gasteiger partial charge >= 0.3 is 6.03 Å². The average molecular weight is 317 g/mol. The predicted molar refractivity (Wildman–Crippen MR) is 93.9 cm³/mol. The van der Waals surface area contributed by atoms with Crippen LogP contribution in [0.5, 0.6) is 0 Å². The van der Waals surface area contributed by atoms with Gasteiger partial charge in [-0.1, -0.05) is 12.6 Å². The number of amides is 2. The first-order chi connectivity index (χ1) is 11.0. The third-order valence-corrected chi connectivity index (χ3v) is 4.27. The van der Waals surface area contributed by atoms with Crippen LogP contribution in [0.1, 0.15) is 18.1 Å². The van der Waals surface area contributed by atoms with Gasteiger partial charge in [-0.2, -0.15) is 0 Å². The molecule has 5 nitrogen and oxygen atoms in total. The zero-order valence-electron chi connectivity index (χ0n) is 14.4. The lowest BCUT2D eigenvalue weighted by Gasteiger charge is -2.36. The Morgan fingerprint density at radius 3 is 2.61 bits per heavy atom. The van der Waals surface area contributed by atoms with Crippen molar-refractivity contribution in [2.24, 2.45) is 0 Å². The number of methoxy groups -OCH3 is 1. The normalized spacial score (nSPS) is 14.6. The topological polar surface area (TPSA) is 44.8 Å². The largest absolute Gasteiger partial charge is 0.501 e. The van der Waals surface area contributed by atoms with Crippen LogP contribution < -0.4 is 10.2 Å². The van der Waals surface area contributed by atoms with E-state index in [2.05, 4.69) is 41.9 Å². The van der Waals surface area contributed by atoms with E-state index in [0.717, 1.165) is 38.4 Å². The van der Waals surface area contributed by atoms with Crippen molar-refractivity contribution in [3.63, 3.8) is 0 Å². The van der Waals surface area contributed by atoms with Crippen LogP contribution in [0.3, 0.4) is 0 Å². The minimum atomic E-state index is 0.0353. The standard InChI is InChI=1S/C18H27N3O2/c1-5-19-18(22)21-10-8-20(9-11-21)17-7-6-14(2)16(13-17)12-15(3)23-4/h6-7,13H,3,5,8-12H2,1-2,4H3,(H,19,22). The number of hydrogen-bond donors (Lipinski definition) is 1. The van der Waals surface area contributed by atoms with Crippen LogP contribution in [-0.4, -0.2) is 50.8 Å². The second-order valence-electron chi connectivity index (χ2n) is 5.84. The number of nitrogens with one attached hydrogen (secondary N) is 1. The number of hydrogen-bond acceptors (Lipinski definition) is 3. The fraction of sp³-hybridized carbons (Fsp3) is 0.500. The SMILES string of the molecule is C=C(Cc1cc(N2CCN(C(=O)NCC)CC2)ccc1C)OC. The number of anilines is 1. The molecular weight excluding hydrogens is 290 g/mol. The van der Waals surface area contributed by atoms with Crippen molar-refractivity contribution in [3.05, 3.63) is 41.7 Å². The minimum absolute atomic E-state index is 0.0353. The van der Waals surface area contributed by atoms with Gasteiger partial charge < -0.3 is 19.9 Å². The van der Waals surface area contributed by atoms with Crippen LogP contribution >= 0.6 is 0 Å². The second kappa shape index (κ2) is 7.90. The highest BCUT2D eigenvalue weighted by molar-refractivity contribution is 5.74. The maximum atomic E-state index is 11.9. The van der Waals surface area contributed by atoms with Gasteiger partial charge in [0.1, 0.15) is 0 Å². The Kier molecular flexibility index (Phi) is 5.90. The Morgan fingerprint density at radius 1 is 1.30 bits per heavy atom. The summed E-state index contributed by atoms with van der Waals surface area (Å²) in [6.07, 6.45) is 0.731. The number of allylic oxidation sites excluding steroid dienone is 1. The highest BCUT2D eigenvalue weighted by Gasteiger charge is 2.21. The first-order valence-corrected chi connectivity index (χ1v) is 8.14. The van der Waals surface area contributed by atoms with Gasteiger partial charge in [0.15, 0.2) is 0 Å². The molecule has 23 heavy (non-hydrogen) atoms. The molecule has 1 N–H and O–H groups in total. The van der Waals surface area contributed by atoms with E-state index in [0.29, 0.717) is 6.54 Å². The van der Waals surface area contributed by atoms with Crippen LogP contribution in [0, 0.1) is 6.92 Å². The number of benzene rings is 1. The molecule has 0 bridgehead atoms. The molecule has 1 aliphatic rings. The van der Waals surface area contributed by atoms with E-state index in [9.17, 15) is 4.79 Å². The third-order valence-electron chi connectivity index (χ3n) is 4.27. The lowest BCUT2D eigenvalue weighted by Crippen LogP contribution is -2.51. The molecule has 1 fully saturated rings. The monoisotopic (exact) mass is 317 g/mol. The van der Waals surface area contributed by atoms with Gasteiger partial charge in [-0.25, -0.2) is 4.79 Å². The Morgan fingerprint density at radius 2 is 2.00 bits per heavy atom. The second-order valence-corrected chi connectivity index (χ2v) is 5.84. The molecule has 1 aromatic rings. The molecule has 1 aromatic carbocycles. The summed E-state index contributed by atoms with van der Waals surface area (Å²) in [5.74, 6) is 0.770. The number of carbonyl (C=O) groups is 1. The molecule has 0 saturated carbocycles. The molecule has 0 atom stereocenters. The number of piperazine rings is 1. The van der Waals surface area contributed by atoms with Crippen LogP contribution in [0.25, 0.3) is 0 Å². The van der Waals surface area contributed by atoms with Crippen molar-refractivity contribution in [3.8, 4) is 0 Å². The number of urea groups is 1. The van der Waals surface area contributed by atoms with Crippen molar-refractivity contribution >= 4 is 11.7 Å². The molecular formula is C18H27N3O2. The molecule has 0 aliphatic carbocycles. The Labute approximate surface area is 138 Å². The van der Waals surface area contributed by atoms with E-state index in [1.165, 1.54) is 16.8 Å². The van der Waals surface area contributed by atoms with Gasteiger partial charge in [-0.15, -0.1) is 0 Å². The summed E-state index contributed by atoms with van der Waals surface area (Å²) in [7, 11) is 1.65. The highest BCUT2D eigenvalue weighted by Crippen LogP contribution is 2.22. The van der Waals surface area contributed by atoms with E-state index in [4.69, 9.17) is 4.74 Å². The van der Waals surface area contributed by atoms with Gasteiger partial charge in [0.25, 0.3) is 0 Å². The summed E-state index contributed by atoms with van der Waals surface area (Å²) >= 11 is 0. The number of carbonyl (C=O) groups excluding carboxylic acids is 1. The molecule has 5 heteroatoms. The number of ether oxygens (including phenoxy) is 1. The van der Waals surface area contributed by atoms with Crippen molar-refractivity contribution in [1.29, 1.82) is 0 Å². The Hall–Kier alpha value is -2.17. The summed E-state index contributed by atoms with van der Waals surface area (Å²) in [5, 5.41) is 2.86.